The Bertz CT molecular complexity index is 1160. The molecule has 65 heavy (non-hydrogen) atoms. The number of hydrogen-bond donors (Lipinski definition) is 0. The van der Waals surface area contributed by atoms with E-state index >= 15 is 0 Å². The quantitative estimate of drug-likeness (QED) is 0.0195. The standard InChI is InChI=1S/C56H103NO8/c1-6-8-10-12-14-16-18-20-22-24-25-26-27-28-29-31-33-35-37-39-41-43-45-47-54(59)65-52(51-64-56(55(60)61)62-49-48-57(3,4)5)50-63-53(58)46-44-42-40-38-36-34-32-30-23-21-19-17-15-13-11-9-7-2/h18,20-21,23-25,52,56H,6-17,19,22,26-51H2,1-5H3/b20-18-,23-21-,25-24-. The summed E-state index contributed by atoms with van der Waals surface area (Å²) in [6, 6.07) is 0. The van der Waals surface area contributed by atoms with Crippen LogP contribution in [0.5, 0.6) is 0 Å². The Balaban J connectivity index is 4.29. The zero-order valence-electron chi connectivity index (χ0n) is 43.1. The highest BCUT2D eigenvalue weighted by Gasteiger charge is 2.22. The first-order valence-electron chi connectivity index (χ1n) is 27.1. The summed E-state index contributed by atoms with van der Waals surface area (Å²) < 4.78 is 22.7. The van der Waals surface area contributed by atoms with Crippen molar-refractivity contribution in [2.75, 3.05) is 47.5 Å². The van der Waals surface area contributed by atoms with Crippen molar-refractivity contribution in [3.8, 4) is 0 Å². The van der Waals surface area contributed by atoms with Crippen molar-refractivity contribution in [2.24, 2.45) is 0 Å². The van der Waals surface area contributed by atoms with E-state index in [1.54, 1.807) is 0 Å². The van der Waals surface area contributed by atoms with Crippen LogP contribution in [0.2, 0.25) is 0 Å². The fourth-order valence-corrected chi connectivity index (χ4v) is 7.62. The molecule has 0 aliphatic heterocycles. The molecule has 0 aromatic heterocycles. The number of nitrogens with zero attached hydrogens (tertiary/aromatic N) is 1. The van der Waals surface area contributed by atoms with E-state index in [0.29, 0.717) is 17.4 Å². The molecule has 0 rings (SSSR count). The maximum atomic E-state index is 12.8. The first-order valence-corrected chi connectivity index (χ1v) is 27.1. The van der Waals surface area contributed by atoms with Crippen LogP contribution in [0.3, 0.4) is 0 Å². The predicted molar refractivity (Wildman–Crippen MR) is 269 cm³/mol. The van der Waals surface area contributed by atoms with Gasteiger partial charge in [-0.1, -0.05) is 198 Å². The molecule has 0 saturated heterocycles. The van der Waals surface area contributed by atoms with E-state index in [9.17, 15) is 19.5 Å². The van der Waals surface area contributed by atoms with Gasteiger partial charge in [0.05, 0.1) is 40.3 Å². The minimum Gasteiger partial charge on any atom is -0.545 e. The van der Waals surface area contributed by atoms with Gasteiger partial charge in [0.1, 0.15) is 13.2 Å². The molecule has 380 valence electrons. The lowest BCUT2D eigenvalue weighted by molar-refractivity contribution is -0.870. The summed E-state index contributed by atoms with van der Waals surface area (Å²) in [5.74, 6) is -2.28. The van der Waals surface area contributed by atoms with Gasteiger partial charge < -0.3 is 33.3 Å². The van der Waals surface area contributed by atoms with Gasteiger partial charge in [0, 0.05) is 12.8 Å². The lowest BCUT2D eigenvalue weighted by Crippen LogP contribution is -2.44. The van der Waals surface area contributed by atoms with Crippen LogP contribution in [0.25, 0.3) is 0 Å². The largest absolute Gasteiger partial charge is 0.545 e. The molecule has 9 nitrogen and oxygen atoms in total. The number of carboxylic acid groups (broad SMARTS) is 1. The molecule has 2 atom stereocenters. The normalized spacial score (nSPS) is 13.1. The number of carbonyl (C=O) groups is 3. The Hall–Kier alpha value is -2.49. The average Bonchev–Trinajstić information content (AvgIpc) is 3.27. The molecule has 0 radical (unpaired) electrons. The number of quaternary nitrogens is 1. The Morgan fingerprint density at radius 1 is 0.462 bits per heavy atom. The maximum absolute atomic E-state index is 12.8. The molecule has 0 aliphatic carbocycles. The third-order valence-electron chi connectivity index (χ3n) is 11.9. The summed E-state index contributed by atoms with van der Waals surface area (Å²) in [7, 11) is 5.92. The number of esters is 2. The number of likely N-dealkylation sites (N-methyl/N-ethyl adjacent to an activating group) is 1. The first-order chi connectivity index (χ1) is 31.6. The minimum absolute atomic E-state index is 0.147. The summed E-state index contributed by atoms with van der Waals surface area (Å²) in [6.45, 7) is 4.75. The predicted octanol–water partition coefficient (Wildman–Crippen LogP) is 14.0. The van der Waals surface area contributed by atoms with Crippen LogP contribution >= 0.6 is 0 Å². The van der Waals surface area contributed by atoms with Gasteiger partial charge in [0.2, 0.25) is 0 Å². The molecular weight excluding hydrogens is 815 g/mol. The van der Waals surface area contributed by atoms with E-state index in [1.807, 2.05) is 21.1 Å². The molecule has 0 bridgehead atoms. The number of ether oxygens (including phenoxy) is 4. The minimum atomic E-state index is -1.62. The van der Waals surface area contributed by atoms with E-state index in [1.165, 1.54) is 161 Å². The lowest BCUT2D eigenvalue weighted by Gasteiger charge is -2.26. The van der Waals surface area contributed by atoms with Crippen molar-refractivity contribution in [3.05, 3.63) is 36.5 Å². The van der Waals surface area contributed by atoms with Crippen LogP contribution in [0.15, 0.2) is 36.5 Å². The Labute approximate surface area is 400 Å². The van der Waals surface area contributed by atoms with Gasteiger partial charge in [0.15, 0.2) is 12.4 Å². The van der Waals surface area contributed by atoms with Gasteiger partial charge in [-0.15, -0.1) is 0 Å². The van der Waals surface area contributed by atoms with Crippen molar-refractivity contribution >= 4 is 17.9 Å². The Kier molecular flexibility index (Phi) is 46.1. The van der Waals surface area contributed by atoms with Crippen LogP contribution in [-0.4, -0.2) is 82.3 Å². The number of unbranched alkanes of at least 4 members (excludes halogenated alkanes) is 29. The molecule has 0 fully saturated rings. The second-order valence-electron chi connectivity index (χ2n) is 19.5. The van der Waals surface area contributed by atoms with E-state index in [-0.39, 0.29) is 38.6 Å². The first kappa shape index (κ1) is 62.5. The summed E-state index contributed by atoms with van der Waals surface area (Å²) in [5, 5.41) is 11.7. The van der Waals surface area contributed by atoms with Crippen molar-refractivity contribution < 1.29 is 42.9 Å². The van der Waals surface area contributed by atoms with Gasteiger partial charge >= 0.3 is 11.9 Å². The monoisotopic (exact) mass is 918 g/mol. The van der Waals surface area contributed by atoms with Crippen LogP contribution in [0.1, 0.15) is 245 Å². The molecule has 0 saturated carbocycles. The van der Waals surface area contributed by atoms with Gasteiger partial charge in [-0.25, -0.2) is 0 Å². The van der Waals surface area contributed by atoms with Crippen LogP contribution in [0.4, 0.5) is 0 Å². The second-order valence-corrected chi connectivity index (χ2v) is 19.5. The van der Waals surface area contributed by atoms with Crippen LogP contribution in [0, 0.1) is 0 Å². The maximum Gasteiger partial charge on any atom is 0.306 e. The average molecular weight is 918 g/mol. The molecule has 0 aromatic rings. The SMILES string of the molecule is CCCCCCC/C=C\C/C=C\CCCCCCCCCCCCCC(=O)OC(COC(=O)CCCCCCCCC/C=C\CCCCCCCC)COC(OCC[N+](C)(C)C)C(=O)[O-]. The lowest BCUT2D eigenvalue weighted by atomic mass is 10.0. The number of aliphatic carboxylic acids is 1. The smallest absolute Gasteiger partial charge is 0.306 e. The number of hydrogen-bond acceptors (Lipinski definition) is 8. The Morgan fingerprint density at radius 3 is 1.23 bits per heavy atom. The molecular formula is C56H103NO8. The zero-order valence-corrected chi connectivity index (χ0v) is 43.1. The van der Waals surface area contributed by atoms with Gasteiger partial charge in [0.25, 0.3) is 0 Å². The molecule has 0 aromatic carbocycles. The van der Waals surface area contributed by atoms with Crippen molar-refractivity contribution in [1.29, 1.82) is 0 Å². The fraction of sp³-hybridized carbons (Fsp3) is 0.839. The number of rotatable bonds is 50. The molecule has 0 N–H and O–H groups in total. The van der Waals surface area contributed by atoms with E-state index in [0.717, 1.165) is 51.4 Å². The highest BCUT2D eigenvalue weighted by atomic mass is 16.7. The van der Waals surface area contributed by atoms with E-state index < -0.39 is 24.3 Å². The van der Waals surface area contributed by atoms with Gasteiger partial charge in [-0.05, 0) is 70.6 Å². The topological polar surface area (TPSA) is 111 Å². The summed E-state index contributed by atoms with van der Waals surface area (Å²) in [4.78, 5) is 37.2. The Morgan fingerprint density at radius 2 is 0.831 bits per heavy atom. The second kappa shape index (κ2) is 48.0. The number of allylic oxidation sites excluding steroid dienone is 6. The van der Waals surface area contributed by atoms with Crippen molar-refractivity contribution in [1.82, 2.24) is 0 Å². The van der Waals surface area contributed by atoms with Crippen LogP contribution < -0.4 is 5.11 Å². The van der Waals surface area contributed by atoms with Gasteiger partial charge in [-0.3, -0.25) is 9.59 Å². The summed E-state index contributed by atoms with van der Waals surface area (Å²) in [6.07, 6.45) is 53.2. The highest BCUT2D eigenvalue weighted by Crippen LogP contribution is 2.15. The number of carboxylic acids is 1. The third-order valence-corrected chi connectivity index (χ3v) is 11.9. The van der Waals surface area contributed by atoms with Gasteiger partial charge in [-0.2, -0.15) is 0 Å². The third kappa shape index (κ3) is 49.2. The molecule has 0 amide bonds. The highest BCUT2D eigenvalue weighted by molar-refractivity contribution is 5.70. The summed E-state index contributed by atoms with van der Waals surface area (Å²) >= 11 is 0. The fourth-order valence-electron chi connectivity index (χ4n) is 7.62. The van der Waals surface area contributed by atoms with Crippen LogP contribution in [-0.2, 0) is 33.3 Å². The molecule has 2 unspecified atom stereocenters. The van der Waals surface area contributed by atoms with Crippen molar-refractivity contribution in [3.63, 3.8) is 0 Å². The van der Waals surface area contributed by atoms with E-state index in [2.05, 4.69) is 50.3 Å². The molecule has 0 aliphatic rings. The summed E-state index contributed by atoms with van der Waals surface area (Å²) in [5.41, 5.74) is 0. The zero-order chi connectivity index (χ0) is 47.7. The molecule has 0 heterocycles. The molecule has 9 heteroatoms. The molecule has 0 spiro atoms. The van der Waals surface area contributed by atoms with E-state index in [4.69, 9.17) is 18.9 Å². The number of carbonyl (C=O) groups excluding carboxylic acids is 3. The van der Waals surface area contributed by atoms with Crippen molar-refractivity contribution in [2.45, 2.75) is 257 Å².